The van der Waals surface area contributed by atoms with E-state index in [0.717, 1.165) is 5.56 Å². The molecular formula is C38H42FN3O5. The second-order valence-corrected chi connectivity index (χ2v) is 13.3. The molecule has 0 aliphatic heterocycles. The summed E-state index contributed by atoms with van der Waals surface area (Å²) in [4.78, 5) is 25.0. The second-order valence-electron chi connectivity index (χ2n) is 13.3. The lowest BCUT2D eigenvalue weighted by atomic mass is 9.96. The number of ether oxygens (including phenoxy) is 3. The van der Waals surface area contributed by atoms with E-state index >= 15 is 4.39 Å². The molecular weight excluding hydrogens is 597 g/mol. The minimum Gasteiger partial charge on any atom is -0.489 e. The number of rotatable bonds is 8. The van der Waals surface area contributed by atoms with Crippen molar-refractivity contribution in [3.63, 3.8) is 0 Å². The van der Waals surface area contributed by atoms with E-state index in [1.807, 2.05) is 76.5 Å². The fraction of sp³-hybridized carbons (Fsp3) is 0.342. The molecule has 47 heavy (non-hydrogen) atoms. The van der Waals surface area contributed by atoms with Crippen LogP contribution in [0.2, 0.25) is 0 Å². The van der Waals surface area contributed by atoms with Crippen molar-refractivity contribution in [1.29, 1.82) is 0 Å². The van der Waals surface area contributed by atoms with Gasteiger partial charge in [-0.3, -0.25) is 9.48 Å². The number of benzene rings is 3. The molecule has 4 rings (SSSR count). The van der Waals surface area contributed by atoms with E-state index in [0.29, 0.717) is 39.3 Å². The number of para-hydroxylation sites is 1. The van der Waals surface area contributed by atoms with Crippen LogP contribution in [-0.2, 0) is 34.3 Å². The Hall–Kier alpha value is -5.10. The summed E-state index contributed by atoms with van der Waals surface area (Å²) >= 11 is 0. The van der Waals surface area contributed by atoms with E-state index in [4.69, 9.17) is 14.2 Å². The lowest BCUT2D eigenvalue weighted by Crippen LogP contribution is -2.34. The van der Waals surface area contributed by atoms with Crippen molar-refractivity contribution in [1.82, 2.24) is 15.1 Å². The van der Waals surface area contributed by atoms with Crippen LogP contribution in [0.1, 0.15) is 82.5 Å². The predicted molar refractivity (Wildman–Crippen MR) is 179 cm³/mol. The summed E-state index contributed by atoms with van der Waals surface area (Å²) in [7, 11) is 1.82. The molecule has 0 aliphatic rings. The third-order valence-electron chi connectivity index (χ3n) is 6.70. The molecule has 0 saturated carbocycles. The fourth-order valence-electron chi connectivity index (χ4n) is 4.78. The van der Waals surface area contributed by atoms with Gasteiger partial charge in [0.1, 0.15) is 35.1 Å². The Labute approximate surface area is 276 Å². The number of alkyl carbamates (subject to hydrolysis) is 1. The number of hydrogen-bond donors (Lipinski definition) is 1. The topological polar surface area (TPSA) is 91.7 Å². The average Bonchev–Trinajstić information content (AvgIpc) is 3.38. The van der Waals surface area contributed by atoms with Crippen LogP contribution < -0.4 is 10.1 Å². The molecule has 0 unspecified atom stereocenters. The number of nitrogens with zero attached hydrogens (tertiary/aromatic N) is 2. The summed E-state index contributed by atoms with van der Waals surface area (Å²) in [5.41, 5.74) is 2.62. The molecule has 0 radical (unpaired) electrons. The third kappa shape index (κ3) is 10.5. The van der Waals surface area contributed by atoms with Gasteiger partial charge in [0.05, 0.1) is 12.5 Å². The molecule has 0 spiro atoms. The van der Waals surface area contributed by atoms with E-state index in [1.165, 1.54) is 0 Å². The molecule has 246 valence electrons. The van der Waals surface area contributed by atoms with Crippen molar-refractivity contribution in [3.05, 3.63) is 107 Å². The van der Waals surface area contributed by atoms with Crippen molar-refractivity contribution in [2.75, 3.05) is 0 Å². The van der Waals surface area contributed by atoms with Crippen LogP contribution in [0.15, 0.2) is 72.9 Å². The fourth-order valence-corrected chi connectivity index (χ4v) is 4.78. The molecule has 1 atom stereocenters. The molecule has 0 aliphatic carbocycles. The minimum atomic E-state index is -0.685. The van der Waals surface area contributed by atoms with E-state index in [-0.39, 0.29) is 19.0 Å². The van der Waals surface area contributed by atoms with Gasteiger partial charge in [-0.15, -0.1) is 0 Å². The maximum absolute atomic E-state index is 16.1. The van der Waals surface area contributed by atoms with Gasteiger partial charge < -0.3 is 19.5 Å². The predicted octanol–water partition coefficient (Wildman–Crippen LogP) is 7.67. The number of aromatic nitrogens is 2. The van der Waals surface area contributed by atoms with Crippen LogP contribution in [0.4, 0.5) is 9.18 Å². The highest BCUT2D eigenvalue weighted by Crippen LogP contribution is 2.31. The molecule has 1 heterocycles. The Morgan fingerprint density at radius 1 is 0.936 bits per heavy atom. The monoisotopic (exact) mass is 639 g/mol. The van der Waals surface area contributed by atoms with Gasteiger partial charge in [-0.25, -0.2) is 9.18 Å². The normalized spacial score (nSPS) is 12.0. The number of carbonyl (C=O) groups excluding carboxylic acids is 2. The molecule has 9 heteroatoms. The van der Waals surface area contributed by atoms with Gasteiger partial charge in [0.2, 0.25) is 0 Å². The molecule has 8 nitrogen and oxygen atoms in total. The van der Waals surface area contributed by atoms with Gasteiger partial charge in [0.15, 0.2) is 0 Å². The van der Waals surface area contributed by atoms with E-state index < -0.39 is 29.2 Å². The van der Waals surface area contributed by atoms with Crippen LogP contribution in [-0.4, -0.2) is 33.0 Å². The van der Waals surface area contributed by atoms with Crippen LogP contribution in [0.3, 0.4) is 0 Å². The third-order valence-corrected chi connectivity index (χ3v) is 6.70. The average molecular weight is 640 g/mol. The number of esters is 1. The molecule has 1 amide bonds. The SMILES string of the molecule is C[C@@H](NC(=O)OC(C)(C)C)c1cccc(-c2cc(C#Cc3ccn(C)n3)cc(COc3ccccc3CC(=O)OC(C)(C)C)c2)c1F. The highest BCUT2D eigenvalue weighted by Gasteiger charge is 2.22. The zero-order valence-electron chi connectivity index (χ0n) is 28.2. The molecule has 0 saturated heterocycles. The van der Waals surface area contributed by atoms with Crippen molar-refractivity contribution < 1.29 is 28.2 Å². The lowest BCUT2D eigenvalue weighted by molar-refractivity contribution is -0.153. The summed E-state index contributed by atoms with van der Waals surface area (Å²) in [6, 6.07) is 19.1. The number of amides is 1. The van der Waals surface area contributed by atoms with Crippen molar-refractivity contribution in [3.8, 4) is 28.7 Å². The van der Waals surface area contributed by atoms with E-state index in [2.05, 4.69) is 22.3 Å². The number of hydrogen-bond acceptors (Lipinski definition) is 6. The number of halogens is 1. The van der Waals surface area contributed by atoms with Gasteiger partial charge in [-0.2, -0.15) is 5.10 Å². The summed E-state index contributed by atoms with van der Waals surface area (Å²) in [6.45, 7) is 12.6. The number of aryl methyl sites for hydroxylation is 1. The van der Waals surface area contributed by atoms with Gasteiger partial charge in [0.25, 0.3) is 0 Å². The zero-order chi connectivity index (χ0) is 34.4. The Kier molecular flexibility index (Phi) is 10.8. The minimum absolute atomic E-state index is 0.0573. The highest BCUT2D eigenvalue weighted by molar-refractivity contribution is 5.74. The molecule has 1 N–H and O–H groups in total. The first-order valence-corrected chi connectivity index (χ1v) is 15.4. The van der Waals surface area contributed by atoms with Gasteiger partial charge >= 0.3 is 12.1 Å². The first-order valence-electron chi connectivity index (χ1n) is 15.4. The summed E-state index contributed by atoms with van der Waals surface area (Å²) < 4.78 is 34.9. The smallest absolute Gasteiger partial charge is 0.408 e. The van der Waals surface area contributed by atoms with Gasteiger partial charge in [-0.05, 0) is 95.8 Å². The highest BCUT2D eigenvalue weighted by atomic mass is 19.1. The summed E-state index contributed by atoms with van der Waals surface area (Å²) in [6.07, 6.45) is 1.23. The first kappa shape index (κ1) is 34.8. The quantitative estimate of drug-likeness (QED) is 0.157. The second kappa shape index (κ2) is 14.5. The van der Waals surface area contributed by atoms with Gasteiger partial charge in [-0.1, -0.05) is 42.3 Å². The van der Waals surface area contributed by atoms with Crippen LogP contribution in [0.5, 0.6) is 5.75 Å². The molecule has 0 fully saturated rings. The zero-order valence-corrected chi connectivity index (χ0v) is 28.2. The molecule has 0 bridgehead atoms. The largest absolute Gasteiger partial charge is 0.489 e. The van der Waals surface area contributed by atoms with E-state index in [9.17, 15) is 9.59 Å². The Balaban J connectivity index is 1.66. The van der Waals surface area contributed by atoms with Crippen molar-refractivity contribution >= 4 is 12.1 Å². The van der Waals surface area contributed by atoms with Crippen molar-refractivity contribution in [2.24, 2.45) is 7.05 Å². The Bertz CT molecular complexity index is 1800. The van der Waals surface area contributed by atoms with Crippen molar-refractivity contribution in [2.45, 2.75) is 78.7 Å². The number of carbonyl (C=O) groups is 2. The Morgan fingerprint density at radius 3 is 2.34 bits per heavy atom. The van der Waals surface area contributed by atoms with Gasteiger partial charge in [0, 0.05) is 35.5 Å². The number of nitrogens with one attached hydrogen (secondary N) is 1. The molecule has 1 aromatic heterocycles. The Morgan fingerprint density at radius 2 is 1.66 bits per heavy atom. The van der Waals surface area contributed by atoms with E-state index in [1.54, 1.807) is 56.6 Å². The maximum atomic E-state index is 16.1. The van der Waals surface area contributed by atoms with Crippen LogP contribution >= 0.6 is 0 Å². The lowest BCUT2D eigenvalue weighted by Gasteiger charge is -2.22. The summed E-state index contributed by atoms with van der Waals surface area (Å²) in [5, 5.41) is 7.05. The molecule has 3 aromatic carbocycles. The van der Waals surface area contributed by atoms with Crippen LogP contribution in [0.25, 0.3) is 11.1 Å². The maximum Gasteiger partial charge on any atom is 0.408 e. The first-order chi connectivity index (χ1) is 22.1. The summed E-state index contributed by atoms with van der Waals surface area (Å²) in [5.74, 6) is 5.93. The molecule has 4 aromatic rings. The van der Waals surface area contributed by atoms with Crippen LogP contribution in [0, 0.1) is 17.7 Å². The standard InChI is InChI=1S/C38H42FN3O5/c1-25(40-36(44)47-38(5,6)7)31-13-11-14-32(35(31)39)29-21-26(16-17-30-18-19-42(8)41-30)20-27(22-29)24-45-33-15-10-9-12-28(33)23-34(43)46-37(2,3)4/h9-15,18-22,25H,23-24H2,1-8H3,(H,40,44)/t25-/m1/s1.